The van der Waals surface area contributed by atoms with E-state index in [-0.39, 0.29) is 52.9 Å². The number of carbonyl (C=O) groups is 4. The smallest absolute Gasteiger partial charge is 0.336 e. The summed E-state index contributed by atoms with van der Waals surface area (Å²) < 4.78 is 30.3. The molecular formula is C16H24O14. The molecule has 0 bridgehead atoms. The first kappa shape index (κ1) is 25.7. The van der Waals surface area contributed by atoms with Gasteiger partial charge in [0.1, 0.15) is 0 Å². The van der Waals surface area contributed by atoms with Crippen LogP contribution >= 0.6 is 0 Å². The van der Waals surface area contributed by atoms with Crippen LogP contribution in [-0.2, 0) is 47.6 Å². The van der Waals surface area contributed by atoms with Gasteiger partial charge in [-0.15, -0.1) is 0 Å². The molecule has 172 valence electrons. The highest BCUT2D eigenvalue weighted by atomic mass is 16.6. The number of rotatable bonds is 4. The highest BCUT2D eigenvalue weighted by Crippen LogP contribution is 2.08. The number of hydrogen-bond acceptors (Lipinski definition) is 10. The quantitative estimate of drug-likeness (QED) is 0.370. The summed E-state index contributed by atoms with van der Waals surface area (Å²) in [4.78, 5) is 45.2. The van der Waals surface area contributed by atoms with Crippen molar-refractivity contribution in [2.24, 2.45) is 0 Å². The molecule has 0 aromatic heterocycles. The van der Waals surface area contributed by atoms with Gasteiger partial charge in [-0.25, -0.2) is 19.2 Å². The lowest BCUT2D eigenvalue weighted by molar-refractivity contribution is -0.183. The molecule has 1 aliphatic rings. The van der Waals surface area contributed by atoms with E-state index in [2.05, 4.69) is 0 Å². The summed E-state index contributed by atoms with van der Waals surface area (Å²) in [6.45, 7) is -1.88. The van der Waals surface area contributed by atoms with Gasteiger partial charge in [0.05, 0.1) is 52.9 Å². The summed E-state index contributed by atoms with van der Waals surface area (Å²) in [5, 5.41) is 36.7. The summed E-state index contributed by atoms with van der Waals surface area (Å²) in [5.74, 6) is -6.17. The Morgan fingerprint density at radius 3 is 0.800 bits per heavy atom. The normalized spacial score (nSPS) is 28.5. The third-order valence-corrected chi connectivity index (χ3v) is 3.62. The van der Waals surface area contributed by atoms with Crippen LogP contribution in [0.4, 0.5) is 0 Å². The predicted molar refractivity (Wildman–Crippen MR) is 91.1 cm³/mol. The maximum absolute atomic E-state index is 11.3. The largest absolute Gasteiger partial charge is 0.479 e. The SMILES string of the molecule is O=C(O)[C@H]1OCCOCCO[C@H](C(=O)O)[C@H](C(=O)O)OCCOCCO[C@@H]1C(=O)O. The molecule has 30 heavy (non-hydrogen) atoms. The zero-order chi connectivity index (χ0) is 22.5. The molecule has 1 heterocycles. The molecule has 0 aliphatic carbocycles. The van der Waals surface area contributed by atoms with Crippen molar-refractivity contribution in [2.45, 2.75) is 24.4 Å². The number of carboxylic acid groups (broad SMARTS) is 4. The zero-order valence-corrected chi connectivity index (χ0v) is 15.8. The van der Waals surface area contributed by atoms with Gasteiger partial charge in [-0.05, 0) is 0 Å². The van der Waals surface area contributed by atoms with Gasteiger partial charge in [0.25, 0.3) is 0 Å². The van der Waals surface area contributed by atoms with E-state index >= 15 is 0 Å². The molecule has 0 amide bonds. The van der Waals surface area contributed by atoms with Gasteiger partial charge in [0.2, 0.25) is 0 Å². The molecule has 1 rings (SSSR count). The Bertz CT molecular complexity index is 480. The second-order valence-corrected chi connectivity index (χ2v) is 5.74. The molecule has 1 aliphatic heterocycles. The van der Waals surface area contributed by atoms with E-state index in [4.69, 9.17) is 28.4 Å². The Morgan fingerprint density at radius 2 is 0.633 bits per heavy atom. The molecule has 0 unspecified atom stereocenters. The van der Waals surface area contributed by atoms with Gasteiger partial charge in [0.15, 0.2) is 24.4 Å². The molecule has 1 saturated heterocycles. The van der Waals surface area contributed by atoms with Crippen LogP contribution in [0.15, 0.2) is 0 Å². The summed E-state index contributed by atoms with van der Waals surface area (Å²) in [5.41, 5.74) is 0. The van der Waals surface area contributed by atoms with Gasteiger partial charge in [-0.1, -0.05) is 0 Å². The first-order valence-electron chi connectivity index (χ1n) is 8.78. The first-order chi connectivity index (χ1) is 14.3. The number of hydrogen-bond donors (Lipinski definition) is 4. The minimum Gasteiger partial charge on any atom is -0.479 e. The van der Waals surface area contributed by atoms with E-state index in [0.29, 0.717) is 0 Å². The van der Waals surface area contributed by atoms with Gasteiger partial charge < -0.3 is 48.8 Å². The molecule has 0 spiro atoms. The lowest BCUT2D eigenvalue weighted by Gasteiger charge is -2.23. The number of ether oxygens (including phenoxy) is 6. The summed E-state index contributed by atoms with van der Waals surface area (Å²) >= 11 is 0. The van der Waals surface area contributed by atoms with Crippen molar-refractivity contribution in [2.75, 3.05) is 52.9 Å². The first-order valence-corrected chi connectivity index (χ1v) is 8.78. The van der Waals surface area contributed by atoms with Crippen LogP contribution in [0.1, 0.15) is 0 Å². The maximum atomic E-state index is 11.3. The monoisotopic (exact) mass is 440 g/mol. The highest BCUT2D eigenvalue weighted by Gasteiger charge is 2.37. The van der Waals surface area contributed by atoms with Crippen molar-refractivity contribution in [3.63, 3.8) is 0 Å². The lowest BCUT2D eigenvalue weighted by Crippen LogP contribution is -2.45. The summed E-state index contributed by atoms with van der Waals surface area (Å²) in [7, 11) is 0. The number of carboxylic acids is 4. The fourth-order valence-corrected chi connectivity index (χ4v) is 2.29. The minimum atomic E-state index is -1.79. The molecule has 14 nitrogen and oxygen atoms in total. The number of aliphatic carboxylic acids is 4. The van der Waals surface area contributed by atoms with E-state index in [1.165, 1.54) is 0 Å². The van der Waals surface area contributed by atoms with Gasteiger partial charge in [0, 0.05) is 0 Å². The Kier molecular flexibility index (Phi) is 11.8. The second-order valence-electron chi connectivity index (χ2n) is 5.74. The average molecular weight is 440 g/mol. The van der Waals surface area contributed by atoms with E-state index in [1.807, 2.05) is 0 Å². The van der Waals surface area contributed by atoms with E-state index in [1.54, 1.807) is 0 Å². The summed E-state index contributed by atoms with van der Waals surface area (Å²) in [6.07, 6.45) is -7.18. The van der Waals surface area contributed by atoms with Gasteiger partial charge in [-0.2, -0.15) is 0 Å². The van der Waals surface area contributed by atoms with Crippen LogP contribution in [0, 0.1) is 0 Å². The lowest BCUT2D eigenvalue weighted by atomic mass is 10.2. The van der Waals surface area contributed by atoms with Crippen molar-refractivity contribution in [1.29, 1.82) is 0 Å². The standard InChI is InChI=1S/C16H24O14/c17-13(18)9-10(14(19)20)29-7-3-26-4-8-30-12(16(23)24)11(15(21)22)28-6-2-25-1-5-27-9/h9-12H,1-8H2,(H,17,18)(H,19,20)(H,21,22)(H,23,24)/t9-,10-,11-,12+/m0/s1. The van der Waals surface area contributed by atoms with Gasteiger partial charge >= 0.3 is 23.9 Å². The molecule has 0 saturated carbocycles. The molecule has 0 aromatic carbocycles. The average Bonchev–Trinajstić information content (AvgIpc) is 2.66. The Hall–Kier alpha value is -2.36. The van der Waals surface area contributed by atoms with Crippen LogP contribution in [0.2, 0.25) is 0 Å². The van der Waals surface area contributed by atoms with E-state index < -0.39 is 48.3 Å². The topological polar surface area (TPSA) is 205 Å². The molecule has 1 fully saturated rings. The second kappa shape index (κ2) is 13.8. The van der Waals surface area contributed by atoms with E-state index in [9.17, 15) is 39.6 Å². The molecule has 0 aromatic rings. The van der Waals surface area contributed by atoms with Crippen molar-refractivity contribution in [3.8, 4) is 0 Å². The third kappa shape index (κ3) is 8.98. The minimum absolute atomic E-state index is 0.167. The van der Waals surface area contributed by atoms with Crippen LogP contribution in [0.3, 0.4) is 0 Å². The zero-order valence-electron chi connectivity index (χ0n) is 15.8. The van der Waals surface area contributed by atoms with Crippen molar-refractivity contribution in [1.82, 2.24) is 0 Å². The predicted octanol–water partition coefficient (Wildman–Crippen LogP) is -2.09. The maximum Gasteiger partial charge on any atom is 0.336 e. The molecule has 14 heteroatoms. The van der Waals surface area contributed by atoms with E-state index in [0.717, 1.165) is 0 Å². The third-order valence-electron chi connectivity index (χ3n) is 3.62. The Balaban J connectivity index is 2.77. The van der Waals surface area contributed by atoms with Crippen molar-refractivity contribution >= 4 is 23.9 Å². The van der Waals surface area contributed by atoms with Crippen molar-refractivity contribution < 1.29 is 68.0 Å². The molecular weight excluding hydrogens is 416 g/mol. The van der Waals surface area contributed by atoms with Crippen LogP contribution in [0.5, 0.6) is 0 Å². The van der Waals surface area contributed by atoms with Gasteiger partial charge in [-0.3, -0.25) is 0 Å². The van der Waals surface area contributed by atoms with Crippen LogP contribution in [0.25, 0.3) is 0 Å². The Morgan fingerprint density at radius 1 is 0.433 bits per heavy atom. The Labute approximate surface area is 170 Å². The highest BCUT2D eigenvalue weighted by molar-refractivity contribution is 5.84. The van der Waals surface area contributed by atoms with Crippen molar-refractivity contribution in [3.05, 3.63) is 0 Å². The summed E-state index contributed by atoms with van der Waals surface area (Å²) in [6, 6.07) is 0. The molecule has 4 atom stereocenters. The molecule has 0 radical (unpaired) electrons. The fourth-order valence-electron chi connectivity index (χ4n) is 2.29. The molecule has 4 N–H and O–H groups in total. The van der Waals surface area contributed by atoms with Crippen LogP contribution in [-0.4, -0.2) is 122 Å². The fraction of sp³-hybridized carbons (Fsp3) is 0.750. The van der Waals surface area contributed by atoms with Crippen LogP contribution < -0.4 is 0 Å².